The minimum Gasteiger partial charge on any atom is -0.494 e. The number of aliphatic hydroxyl groups is 1. The Morgan fingerprint density at radius 1 is 1.44 bits per heavy atom. The van der Waals surface area contributed by atoms with Crippen LogP contribution < -0.4 is 10.1 Å². The molecule has 2 N–H and O–H groups in total. The van der Waals surface area contributed by atoms with Crippen LogP contribution in [0.3, 0.4) is 0 Å². The first-order valence-electron chi connectivity index (χ1n) is 8.38. The smallest absolute Gasteiger partial charge is 0.220 e. The first-order valence-corrected chi connectivity index (χ1v) is 9.33. The molecule has 0 saturated heterocycles. The molecule has 4 nitrogen and oxygen atoms in total. The molecule has 25 heavy (non-hydrogen) atoms. The van der Waals surface area contributed by atoms with Gasteiger partial charge in [0.25, 0.3) is 0 Å². The zero-order chi connectivity index (χ0) is 17.8. The highest BCUT2D eigenvalue weighted by molar-refractivity contribution is 7.07. The van der Waals surface area contributed by atoms with Crippen molar-refractivity contribution in [1.29, 1.82) is 0 Å². The van der Waals surface area contributed by atoms with Crippen molar-refractivity contribution in [2.24, 2.45) is 5.92 Å². The fourth-order valence-corrected chi connectivity index (χ4v) is 3.89. The maximum atomic E-state index is 14.1. The Morgan fingerprint density at radius 3 is 2.84 bits per heavy atom. The number of aryl methyl sites for hydroxylation is 1. The standard InChI is InChI=1S/C19H22FNO3S/c1-24-17-4-3-13(10-16(17)20)19(14-8-15(22)9-14)21-18(23)5-2-12-6-7-25-11-12/h3-4,6-7,10-11,14-15,19,22H,2,5,8-9H2,1H3,(H,21,23)/t14?,15?,19-/m1/s1. The molecule has 134 valence electrons. The number of carbonyl (C=O) groups is 1. The van der Waals surface area contributed by atoms with Crippen LogP contribution in [0.1, 0.15) is 36.4 Å². The summed E-state index contributed by atoms with van der Waals surface area (Å²) in [5, 5.41) is 16.7. The number of hydrogen-bond donors (Lipinski definition) is 2. The summed E-state index contributed by atoms with van der Waals surface area (Å²) in [6.45, 7) is 0. The minimum atomic E-state index is -0.447. The average molecular weight is 363 g/mol. The number of nitrogens with one attached hydrogen (secondary N) is 1. The average Bonchev–Trinajstić information content (AvgIpc) is 3.09. The van der Waals surface area contributed by atoms with Crippen LogP contribution >= 0.6 is 11.3 Å². The number of aliphatic hydroxyl groups excluding tert-OH is 1. The van der Waals surface area contributed by atoms with E-state index in [1.54, 1.807) is 23.5 Å². The van der Waals surface area contributed by atoms with Gasteiger partial charge in [-0.1, -0.05) is 6.07 Å². The van der Waals surface area contributed by atoms with Gasteiger partial charge in [-0.15, -0.1) is 0 Å². The topological polar surface area (TPSA) is 58.6 Å². The predicted molar refractivity (Wildman–Crippen MR) is 95.2 cm³/mol. The zero-order valence-electron chi connectivity index (χ0n) is 14.1. The van der Waals surface area contributed by atoms with Crippen molar-refractivity contribution in [2.45, 2.75) is 37.8 Å². The third-order valence-corrected chi connectivity index (χ3v) is 5.43. The summed E-state index contributed by atoms with van der Waals surface area (Å²) < 4.78 is 19.0. The molecule has 1 fully saturated rings. The molecule has 1 heterocycles. The molecule has 0 bridgehead atoms. The molecule has 1 saturated carbocycles. The van der Waals surface area contributed by atoms with Crippen LogP contribution in [0.15, 0.2) is 35.0 Å². The number of hydrogen-bond acceptors (Lipinski definition) is 4. The number of benzene rings is 1. The fourth-order valence-electron chi connectivity index (χ4n) is 3.19. The van der Waals surface area contributed by atoms with Gasteiger partial charge in [-0.05, 0) is 65.3 Å². The van der Waals surface area contributed by atoms with Gasteiger partial charge in [0.15, 0.2) is 11.6 Å². The number of methoxy groups -OCH3 is 1. The number of thiophene rings is 1. The molecule has 2 aromatic rings. The lowest BCUT2D eigenvalue weighted by molar-refractivity contribution is -0.123. The fraction of sp³-hybridized carbons (Fsp3) is 0.421. The van der Waals surface area contributed by atoms with E-state index in [9.17, 15) is 14.3 Å². The Hall–Kier alpha value is -1.92. The molecular weight excluding hydrogens is 341 g/mol. The van der Waals surface area contributed by atoms with Crippen LogP contribution in [0, 0.1) is 11.7 Å². The minimum absolute atomic E-state index is 0.0613. The Labute approximate surface area is 150 Å². The Balaban J connectivity index is 1.69. The van der Waals surface area contributed by atoms with E-state index < -0.39 is 5.82 Å². The molecule has 0 radical (unpaired) electrons. The molecule has 1 amide bonds. The third-order valence-electron chi connectivity index (χ3n) is 4.69. The molecule has 1 aromatic carbocycles. The largest absolute Gasteiger partial charge is 0.494 e. The molecule has 0 spiro atoms. The maximum absolute atomic E-state index is 14.1. The maximum Gasteiger partial charge on any atom is 0.220 e. The molecule has 1 atom stereocenters. The highest BCUT2D eigenvalue weighted by Crippen LogP contribution is 2.39. The Bertz CT molecular complexity index is 713. The number of ether oxygens (including phenoxy) is 1. The molecule has 3 rings (SSSR count). The van der Waals surface area contributed by atoms with Crippen LogP contribution in [-0.2, 0) is 11.2 Å². The van der Waals surface area contributed by atoms with E-state index in [-0.39, 0.29) is 29.7 Å². The van der Waals surface area contributed by atoms with E-state index in [2.05, 4.69) is 5.32 Å². The molecular formula is C19H22FNO3S. The van der Waals surface area contributed by atoms with Gasteiger partial charge in [-0.3, -0.25) is 4.79 Å². The van der Waals surface area contributed by atoms with Crippen molar-refractivity contribution in [3.05, 3.63) is 52.0 Å². The molecule has 0 unspecified atom stereocenters. The lowest BCUT2D eigenvalue weighted by Gasteiger charge is -2.38. The van der Waals surface area contributed by atoms with Crippen molar-refractivity contribution in [2.75, 3.05) is 7.11 Å². The summed E-state index contributed by atoms with van der Waals surface area (Å²) >= 11 is 1.61. The summed E-state index contributed by atoms with van der Waals surface area (Å²) in [6, 6.07) is 6.48. The first-order chi connectivity index (χ1) is 12.1. The predicted octanol–water partition coefficient (Wildman–Crippen LogP) is 3.46. The second-order valence-electron chi connectivity index (χ2n) is 6.46. The summed E-state index contributed by atoms with van der Waals surface area (Å²) in [5.74, 6) is -0.209. The quantitative estimate of drug-likeness (QED) is 0.792. The van der Waals surface area contributed by atoms with Crippen molar-refractivity contribution >= 4 is 17.2 Å². The molecule has 6 heteroatoms. The van der Waals surface area contributed by atoms with E-state index in [4.69, 9.17) is 4.74 Å². The number of rotatable bonds is 7. The van der Waals surface area contributed by atoms with E-state index in [1.807, 2.05) is 16.8 Å². The van der Waals surface area contributed by atoms with Crippen LogP contribution in [0.25, 0.3) is 0 Å². The highest BCUT2D eigenvalue weighted by atomic mass is 32.1. The highest BCUT2D eigenvalue weighted by Gasteiger charge is 2.35. The second kappa shape index (κ2) is 7.97. The van der Waals surface area contributed by atoms with Crippen LogP contribution in [0.4, 0.5) is 4.39 Å². The van der Waals surface area contributed by atoms with Crippen molar-refractivity contribution in [3.63, 3.8) is 0 Å². The van der Waals surface area contributed by atoms with Gasteiger partial charge in [0.2, 0.25) is 5.91 Å². The van der Waals surface area contributed by atoms with E-state index in [0.717, 1.165) is 5.56 Å². The normalized spacial score (nSPS) is 20.6. The van der Waals surface area contributed by atoms with Crippen molar-refractivity contribution < 1.29 is 19.0 Å². The van der Waals surface area contributed by atoms with E-state index in [1.165, 1.54) is 13.2 Å². The van der Waals surface area contributed by atoms with Gasteiger partial charge < -0.3 is 15.2 Å². The molecule has 0 aliphatic heterocycles. The summed E-state index contributed by atoms with van der Waals surface area (Å²) in [7, 11) is 1.42. The van der Waals surface area contributed by atoms with Crippen LogP contribution in [0.2, 0.25) is 0 Å². The first kappa shape index (κ1) is 17.9. The zero-order valence-corrected chi connectivity index (χ0v) is 14.9. The lowest BCUT2D eigenvalue weighted by Crippen LogP contribution is -2.41. The number of amides is 1. The third kappa shape index (κ3) is 4.38. The van der Waals surface area contributed by atoms with Gasteiger partial charge in [-0.25, -0.2) is 4.39 Å². The van der Waals surface area contributed by atoms with Gasteiger partial charge in [0, 0.05) is 6.42 Å². The molecule has 1 aliphatic rings. The molecule has 1 aliphatic carbocycles. The summed E-state index contributed by atoms with van der Waals surface area (Å²) in [6.07, 6.45) is 1.97. The number of halogens is 1. The van der Waals surface area contributed by atoms with E-state index in [0.29, 0.717) is 31.2 Å². The van der Waals surface area contributed by atoms with Gasteiger partial charge >= 0.3 is 0 Å². The summed E-state index contributed by atoms with van der Waals surface area (Å²) in [5.41, 5.74) is 1.85. The SMILES string of the molecule is COc1ccc([C@@H](NC(=O)CCc2ccsc2)C2CC(O)C2)cc1F. The molecule has 1 aromatic heterocycles. The number of carbonyl (C=O) groups excluding carboxylic acids is 1. The van der Waals surface area contributed by atoms with E-state index >= 15 is 0 Å². The van der Waals surface area contributed by atoms with Gasteiger partial charge in [-0.2, -0.15) is 11.3 Å². The van der Waals surface area contributed by atoms with Gasteiger partial charge in [0.1, 0.15) is 0 Å². The lowest BCUT2D eigenvalue weighted by atomic mass is 9.75. The second-order valence-corrected chi connectivity index (χ2v) is 7.24. The van der Waals surface area contributed by atoms with Gasteiger partial charge in [0.05, 0.1) is 19.3 Å². The van der Waals surface area contributed by atoms with Crippen LogP contribution in [-0.4, -0.2) is 24.2 Å². The van der Waals surface area contributed by atoms with Crippen molar-refractivity contribution in [1.82, 2.24) is 5.32 Å². The Morgan fingerprint density at radius 2 is 2.24 bits per heavy atom. The Kier molecular flexibility index (Phi) is 5.71. The van der Waals surface area contributed by atoms with Crippen LogP contribution in [0.5, 0.6) is 5.75 Å². The van der Waals surface area contributed by atoms with Crippen molar-refractivity contribution in [3.8, 4) is 5.75 Å². The monoisotopic (exact) mass is 363 g/mol. The summed E-state index contributed by atoms with van der Waals surface area (Å²) in [4.78, 5) is 12.4.